The Bertz CT molecular complexity index is 223. The van der Waals surface area contributed by atoms with Gasteiger partial charge in [-0.15, -0.1) is 0 Å². The lowest BCUT2D eigenvalue weighted by molar-refractivity contribution is -0.145. The highest BCUT2D eigenvalue weighted by Crippen LogP contribution is 1.82. The number of aliphatic hydroxyl groups is 1. The van der Waals surface area contributed by atoms with Crippen molar-refractivity contribution in [3.05, 3.63) is 0 Å². The number of carboxylic acid groups (broad SMARTS) is 3. The standard InChI is InChI=1S/C4H8O2.C3H6O3.C3H6O2/c1-2-3-4(5)6;1-2(4)3(5)6;1-2-3(4)5/h2-3H2,1H3,(H,5,6);2,4H,1H3,(H,5,6);2H2,1H3,(H,4,5). The van der Waals surface area contributed by atoms with E-state index in [1.165, 1.54) is 6.92 Å². The van der Waals surface area contributed by atoms with Gasteiger partial charge in [0, 0.05) is 12.8 Å². The van der Waals surface area contributed by atoms with Crippen LogP contribution in [0.1, 0.15) is 40.0 Å². The fraction of sp³-hybridized carbons (Fsp3) is 0.700. The maximum Gasteiger partial charge on any atom is 0.332 e. The molecule has 0 aromatic heterocycles. The molecule has 1 atom stereocenters. The molecule has 0 aliphatic heterocycles. The number of hydrogen-bond acceptors (Lipinski definition) is 4. The van der Waals surface area contributed by atoms with Gasteiger partial charge in [0.25, 0.3) is 0 Å². The first-order valence-electron chi connectivity index (χ1n) is 5.03. The Morgan fingerprint density at radius 3 is 1.29 bits per heavy atom. The summed E-state index contributed by atoms with van der Waals surface area (Å²) >= 11 is 0. The Balaban J connectivity index is -0.000000174. The predicted molar refractivity (Wildman–Crippen MR) is 59.8 cm³/mol. The van der Waals surface area contributed by atoms with Crippen LogP contribution < -0.4 is 0 Å². The highest BCUT2D eigenvalue weighted by molar-refractivity contribution is 5.71. The van der Waals surface area contributed by atoms with Gasteiger partial charge in [-0.05, 0) is 13.3 Å². The first kappa shape index (κ1) is 20.7. The molecule has 0 aliphatic carbocycles. The van der Waals surface area contributed by atoms with Gasteiger partial charge in [-0.1, -0.05) is 13.8 Å². The SMILES string of the molecule is CC(O)C(=O)O.CCC(=O)O.CCCC(=O)O. The summed E-state index contributed by atoms with van der Waals surface area (Å²) in [5, 5.41) is 31.4. The predicted octanol–water partition coefficient (Wildman–Crippen LogP) is 0.804. The Morgan fingerprint density at radius 2 is 1.29 bits per heavy atom. The van der Waals surface area contributed by atoms with Crippen molar-refractivity contribution in [1.82, 2.24) is 0 Å². The fourth-order valence-electron chi connectivity index (χ4n) is 0.214. The second-order valence-corrected chi connectivity index (χ2v) is 2.91. The first-order valence-corrected chi connectivity index (χ1v) is 5.03. The zero-order valence-corrected chi connectivity index (χ0v) is 10.2. The fourth-order valence-corrected chi connectivity index (χ4v) is 0.214. The van der Waals surface area contributed by atoms with Crippen LogP contribution in [-0.4, -0.2) is 44.4 Å². The Hall–Kier alpha value is -1.63. The lowest BCUT2D eigenvalue weighted by Crippen LogP contribution is -2.13. The van der Waals surface area contributed by atoms with Gasteiger partial charge < -0.3 is 20.4 Å². The summed E-state index contributed by atoms with van der Waals surface area (Å²) in [6.45, 7) is 4.64. The van der Waals surface area contributed by atoms with Gasteiger partial charge >= 0.3 is 17.9 Å². The highest BCUT2D eigenvalue weighted by Gasteiger charge is 2.01. The van der Waals surface area contributed by atoms with Gasteiger partial charge in [-0.25, -0.2) is 4.79 Å². The van der Waals surface area contributed by atoms with Crippen LogP contribution in [-0.2, 0) is 14.4 Å². The van der Waals surface area contributed by atoms with Crippen molar-refractivity contribution < 1.29 is 34.8 Å². The first-order chi connectivity index (χ1) is 7.68. The minimum atomic E-state index is -1.23. The van der Waals surface area contributed by atoms with Gasteiger partial charge in [0.05, 0.1) is 0 Å². The molecule has 0 heterocycles. The van der Waals surface area contributed by atoms with Crippen molar-refractivity contribution in [2.45, 2.75) is 46.1 Å². The van der Waals surface area contributed by atoms with Gasteiger partial charge in [0.1, 0.15) is 6.10 Å². The molecule has 0 fully saturated rings. The number of aliphatic hydroxyl groups excluding tert-OH is 1. The largest absolute Gasteiger partial charge is 0.481 e. The number of carboxylic acids is 3. The molecule has 102 valence electrons. The second kappa shape index (κ2) is 14.4. The van der Waals surface area contributed by atoms with E-state index in [2.05, 4.69) is 0 Å². The van der Waals surface area contributed by atoms with Crippen molar-refractivity contribution in [1.29, 1.82) is 0 Å². The summed E-state index contributed by atoms with van der Waals surface area (Å²) < 4.78 is 0. The number of carbonyl (C=O) groups is 3. The van der Waals surface area contributed by atoms with Crippen molar-refractivity contribution in [3.63, 3.8) is 0 Å². The maximum absolute atomic E-state index is 9.60. The van der Waals surface area contributed by atoms with Gasteiger partial charge in [-0.3, -0.25) is 9.59 Å². The van der Waals surface area contributed by atoms with E-state index in [0.717, 1.165) is 6.42 Å². The minimum Gasteiger partial charge on any atom is -0.481 e. The van der Waals surface area contributed by atoms with Crippen LogP contribution in [0.5, 0.6) is 0 Å². The summed E-state index contributed by atoms with van der Waals surface area (Å²) in [6, 6.07) is 0. The monoisotopic (exact) mass is 252 g/mol. The molecule has 0 rings (SSSR count). The van der Waals surface area contributed by atoms with Crippen molar-refractivity contribution in [3.8, 4) is 0 Å². The topological polar surface area (TPSA) is 132 Å². The van der Waals surface area contributed by atoms with E-state index in [1.807, 2.05) is 6.92 Å². The molecule has 0 saturated heterocycles. The molecule has 7 heteroatoms. The third-order valence-electron chi connectivity index (χ3n) is 1.12. The van der Waals surface area contributed by atoms with Crippen LogP contribution in [0.15, 0.2) is 0 Å². The molecule has 0 spiro atoms. The molecule has 17 heavy (non-hydrogen) atoms. The lowest BCUT2D eigenvalue weighted by Gasteiger charge is -1.89. The molecule has 0 amide bonds. The summed E-state index contributed by atoms with van der Waals surface area (Å²) in [6.07, 6.45) is 0.0139. The molecule has 0 saturated carbocycles. The molecule has 0 aliphatic rings. The molecule has 7 nitrogen and oxygen atoms in total. The van der Waals surface area contributed by atoms with Crippen LogP contribution in [0.2, 0.25) is 0 Å². The van der Waals surface area contributed by atoms with E-state index in [4.69, 9.17) is 20.4 Å². The van der Waals surface area contributed by atoms with Crippen LogP contribution >= 0.6 is 0 Å². The van der Waals surface area contributed by atoms with Crippen molar-refractivity contribution in [2.75, 3.05) is 0 Å². The van der Waals surface area contributed by atoms with Gasteiger partial charge in [0.15, 0.2) is 0 Å². The number of hydrogen-bond donors (Lipinski definition) is 4. The maximum atomic E-state index is 9.60. The van der Waals surface area contributed by atoms with Crippen LogP contribution in [0.25, 0.3) is 0 Å². The number of aliphatic carboxylic acids is 3. The average molecular weight is 252 g/mol. The summed E-state index contributed by atoms with van der Waals surface area (Å²) in [5.41, 5.74) is 0. The van der Waals surface area contributed by atoms with Gasteiger partial charge in [-0.2, -0.15) is 0 Å². The molecule has 0 aromatic rings. The third-order valence-corrected chi connectivity index (χ3v) is 1.12. The van der Waals surface area contributed by atoms with E-state index in [-0.39, 0.29) is 6.42 Å². The highest BCUT2D eigenvalue weighted by atomic mass is 16.4. The van der Waals surface area contributed by atoms with Crippen molar-refractivity contribution in [2.24, 2.45) is 0 Å². The summed E-state index contributed by atoms with van der Waals surface area (Å²) in [4.78, 5) is 28.4. The Kier molecular flexibility index (Phi) is 17.5. The minimum absolute atomic E-state index is 0.222. The van der Waals surface area contributed by atoms with E-state index in [0.29, 0.717) is 6.42 Å². The van der Waals surface area contributed by atoms with E-state index < -0.39 is 24.0 Å². The Morgan fingerprint density at radius 1 is 1.00 bits per heavy atom. The molecule has 0 radical (unpaired) electrons. The Labute approximate surface area is 99.7 Å². The van der Waals surface area contributed by atoms with E-state index in [9.17, 15) is 14.4 Å². The smallest absolute Gasteiger partial charge is 0.332 e. The lowest BCUT2D eigenvalue weighted by atomic mass is 10.4. The normalized spacial score (nSPS) is 9.88. The molecule has 0 aromatic carbocycles. The molecule has 1 unspecified atom stereocenters. The van der Waals surface area contributed by atoms with Crippen LogP contribution in [0, 0.1) is 0 Å². The van der Waals surface area contributed by atoms with E-state index >= 15 is 0 Å². The van der Waals surface area contributed by atoms with Crippen molar-refractivity contribution >= 4 is 17.9 Å². The quantitative estimate of drug-likeness (QED) is 0.581. The second-order valence-electron chi connectivity index (χ2n) is 2.91. The molecule has 0 bridgehead atoms. The average Bonchev–Trinajstić information content (AvgIpc) is 2.19. The summed E-state index contributed by atoms with van der Waals surface area (Å²) in [5.74, 6) is -2.64. The molecular weight excluding hydrogens is 232 g/mol. The van der Waals surface area contributed by atoms with Crippen LogP contribution in [0.4, 0.5) is 0 Å². The van der Waals surface area contributed by atoms with Gasteiger partial charge in [0.2, 0.25) is 0 Å². The zero-order chi connectivity index (χ0) is 14.4. The van der Waals surface area contributed by atoms with Crippen LogP contribution in [0.3, 0.4) is 0 Å². The summed E-state index contributed by atoms with van der Waals surface area (Å²) in [7, 11) is 0. The molecule has 4 N–H and O–H groups in total. The third kappa shape index (κ3) is 40.5. The van der Waals surface area contributed by atoms with E-state index in [1.54, 1.807) is 6.92 Å². The molecular formula is C10H20O7. The zero-order valence-electron chi connectivity index (χ0n) is 10.2. The number of rotatable bonds is 4.